The molecule has 0 saturated heterocycles. The molecule has 0 radical (unpaired) electrons. The van der Waals surface area contributed by atoms with E-state index in [1.54, 1.807) is 0 Å². The Morgan fingerprint density at radius 1 is 1.33 bits per heavy atom. The minimum absolute atomic E-state index is 0. The van der Waals surface area contributed by atoms with Gasteiger partial charge in [0.15, 0.2) is 0 Å². The molecule has 0 saturated carbocycles. The molecule has 0 rings (SSSR count). The number of rotatable bonds is 3. The summed E-state index contributed by atoms with van der Waals surface area (Å²) in [5.41, 5.74) is 5.77. The van der Waals surface area contributed by atoms with Gasteiger partial charge in [0.25, 0.3) is 0 Å². The largest absolute Gasteiger partial charge is 0.326 e. The van der Waals surface area contributed by atoms with E-state index in [9.17, 15) is 0 Å². The molecule has 0 heterocycles. The Morgan fingerprint density at radius 2 is 1.78 bits per heavy atom. The highest BCUT2D eigenvalue weighted by Gasteiger charge is 2.07. The summed E-state index contributed by atoms with van der Waals surface area (Å²) < 4.78 is 0. The van der Waals surface area contributed by atoms with Crippen LogP contribution in [0.4, 0.5) is 0 Å². The Labute approximate surface area is 64.4 Å². The molecule has 0 spiro atoms. The number of hydrogen-bond donors (Lipinski definition) is 1. The molecule has 0 unspecified atom stereocenters. The monoisotopic (exact) mass is 151 g/mol. The van der Waals surface area contributed by atoms with Crippen molar-refractivity contribution in [2.75, 3.05) is 0 Å². The summed E-state index contributed by atoms with van der Waals surface area (Å²) >= 11 is 0. The molecule has 2 heteroatoms. The summed E-state index contributed by atoms with van der Waals surface area (Å²) in [6, 6.07) is 0. The fraction of sp³-hybridized carbons (Fsp3) is 1.00. The second-order valence-corrected chi connectivity index (χ2v) is 3.09. The van der Waals surface area contributed by atoms with Gasteiger partial charge in [-0.15, -0.1) is 12.4 Å². The van der Waals surface area contributed by atoms with Crippen LogP contribution >= 0.6 is 12.4 Å². The van der Waals surface area contributed by atoms with Gasteiger partial charge in [0.05, 0.1) is 0 Å². The van der Waals surface area contributed by atoms with Gasteiger partial charge >= 0.3 is 0 Å². The van der Waals surface area contributed by atoms with E-state index in [4.69, 9.17) is 5.73 Å². The maximum Gasteiger partial charge on any atom is 0.00970 e. The Bertz CT molecular complexity index is 56.4. The van der Waals surface area contributed by atoms with Crippen LogP contribution in [-0.4, -0.2) is 5.54 Å². The lowest BCUT2D eigenvalue weighted by atomic mass is 9.99. The van der Waals surface area contributed by atoms with Gasteiger partial charge in [-0.1, -0.05) is 19.8 Å². The summed E-state index contributed by atoms with van der Waals surface area (Å²) in [4.78, 5) is 0. The first kappa shape index (κ1) is 12.0. The summed E-state index contributed by atoms with van der Waals surface area (Å²) in [6.07, 6.45) is 3.65. The van der Waals surface area contributed by atoms with Gasteiger partial charge in [0.1, 0.15) is 0 Å². The number of hydrogen-bond acceptors (Lipinski definition) is 1. The van der Waals surface area contributed by atoms with Gasteiger partial charge in [-0.25, -0.2) is 0 Å². The van der Waals surface area contributed by atoms with E-state index in [0.717, 1.165) is 6.42 Å². The first-order valence-corrected chi connectivity index (χ1v) is 3.35. The zero-order valence-corrected chi connectivity index (χ0v) is 7.42. The second-order valence-electron chi connectivity index (χ2n) is 3.09. The Morgan fingerprint density at radius 3 is 1.89 bits per heavy atom. The van der Waals surface area contributed by atoms with Crippen molar-refractivity contribution in [2.24, 2.45) is 5.73 Å². The zero-order valence-electron chi connectivity index (χ0n) is 6.61. The fourth-order valence-corrected chi connectivity index (χ4v) is 0.632. The SMILES string of the molecule is CCCCC(C)(C)N.Cl. The standard InChI is InChI=1S/C7H17N.ClH/c1-4-5-6-7(2,3)8;/h4-6,8H2,1-3H3;1H. The highest BCUT2D eigenvalue weighted by Crippen LogP contribution is 2.07. The lowest BCUT2D eigenvalue weighted by molar-refractivity contribution is 0.456. The molecule has 0 aromatic carbocycles. The van der Waals surface area contributed by atoms with Crippen LogP contribution in [0.2, 0.25) is 0 Å². The first-order chi connectivity index (χ1) is 3.56. The van der Waals surface area contributed by atoms with Crippen molar-refractivity contribution < 1.29 is 0 Å². The van der Waals surface area contributed by atoms with E-state index in [1.165, 1.54) is 12.8 Å². The lowest BCUT2D eigenvalue weighted by Gasteiger charge is -2.16. The van der Waals surface area contributed by atoms with Crippen LogP contribution in [0.25, 0.3) is 0 Å². The fourth-order valence-electron chi connectivity index (χ4n) is 0.632. The van der Waals surface area contributed by atoms with Crippen LogP contribution < -0.4 is 5.73 Å². The van der Waals surface area contributed by atoms with Crippen LogP contribution in [0.3, 0.4) is 0 Å². The Kier molecular flexibility index (Phi) is 6.74. The topological polar surface area (TPSA) is 26.0 Å². The van der Waals surface area contributed by atoms with Gasteiger partial charge in [-0.2, -0.15) is 0 Å². The molecule has 0 aliphatic carbocycles. The molecule has 0 fully saturated rings. The van der Waals surface area contributed by atoms with Crippen molar-refractivity contribution >= 4 is 12.4 Å². The molecule has 58 valence electrons. The van der Waals surface area contributed by atoms with Crippen molar-refractivity contribution in [1.82, 2.24) is 0 Å². The normalized spacial score (nSPS) is 10.7. The van der Waals surface area contributed by atoms with Crippen molar-refractivity contribution in [2.45, 2.75) is 45.6 Å². The molecule has 9 heavy (non-hydrogen) atoms. The molecule has 0 aliphatic heterocycles. The molecule has 0 amide bonds. The van der Waals surface area contributed by atoms with Crippen molar-refractivity contribution in [1.29, 1.82) is 0 Å². The zero-order chi connectivity index (χ0) is 6.62. The quantitative estimate of drug-likeness (QED) is 0.659. The molecule has 0 atom stereocenters. The predicted octanol–water partition coefficient (Wildman–Crippen LogP) is 2.34. The van der Waals surface area contributed by atoms with Gasteiger partial charge in [-0.3, -0.25) is 0 Å². The third-order valence-electron chi connectivity index (χ3n) is 1.17. The van der Waals surface area contributed by atoms with E-state index in [0.29, 0.717) is 0 Å². The average Bonchev–Trinajstić information content (AvgIpc) is 1.59. The molecule has 0 bridgehead atoms. The molecule has 0 aromatic heterocycles. The molecular weight excluding hydrogens is 134 g/mol. The van der Waals surface area contributed by atoms with Gasteiger partial charge < -0.3 is 5.73 Å². The van der Waals surface area contributed by atoms with Crippen LogP contribution in [0, 0.1) is 0 Å². The summed E-state index contributed by atoms with van der Waals surface area (Å²) in [7, 11) is 0. The smallest absolute Gasteiger partial charge is 0.00970 e. The molecule has 0 aromatic rings. The molecule has 1 nitrogen and oxygen atoms in total. The second kappa shape index (κ2) is 5.07. The highest BCUT2D eigenvalue weighted by atomic mass is 35.5. The van der Waals surface area contributed by atoms with E-state index >= 15 is 0 Å². The maximum atomic E-state index is 5.72. The van der Waals surface area contributed by atoms with Crippen molar-refractivity contribution in [3.05, 3.63) is 0 Å². The van der Waals surface area contributed by atoms with E-state index in [1.807, 2.05) is 0 Å². The van der Waals surface area contributed by atoms with Gasteiger partial charge in [0, 0.05) is 5.54 Å². The van der Waals surface area contributed by atoms with Gasteiger partial charge in [0.2, 0.25) is 0 Å². The highest BCUT2D eigenvalue weighted by molar-refractivity contribution is 5.85. The van der Waals surface area contributed by atoms with Crippen LogP contribution in [0.15, 0.2) is 0 Å². The van der Waals surface area contributed by atoms with Crippen LogP contribution in [0.1, 0.15) is 40.0 Å². The third-order valence-corrected chi connectivity index (χ3v) is 1.17. The molecule has 2 N–H and O–H groups in total. The average molecular weight is 152 g/mol. The third kappa shape index (κ3) is 11.7. The minimum atomic E-state index is 0. The van der Waals surface area contributed by atoms with Crippen LogP contribution in [-0.2, 0) is 0 Å². The summed E-state index contributed by atoms with van der Waals surface area (Å²) in [6.45, 7) is 6.33. The van der Waals surface area contributed by atoms with Crippen molar-refractivity contribution in [3.63, 3.8) is 0 Å². The van der Waals surface area contributed by atoms with E-state index < -0.39 is 0 Å². The minimum Gasteiger partial charge on any atom is -0.326 e. The summed E-state index contributed by atoms with van der Waals surface area (Å²) in [5, 5.41) is 0. The van der Waals surface area contributed by atoms with E-state index in [-0.39, 0.29) is 17.9 Å². The lowest BCUT2D eigenvalue weighted by Crippen LogP contribution is -2.31. The molecular formula is C7H18ClN. The number of halogens is 1. The Hall–Kier alpha value is 0.250. The number of nitrogens with two attached hydrogens (primary N) is 1. The first-order valence-electron chi connectivity index (χ1n) is 3.35. The van der Waals surface area contributed by atoms with Gasteiger partial charge in [-0.05, 0) is 20.3 Å². The van der Waals surface area contributed by atoms with Crippen LogP contribution in [0.5, 0.6) is 0 Å². The maximum absolute atomic E-state index is 5.72. The number of unbranched alkanes of at least 4 members (excludes halogenated alkanes) is 1. The predicted molar refractivity (Wildman–Crippen MR) is 45.0 cm³/mol. The Balaban J connectivity index is 0. The summed E-state index contributed by atoms with van der Waals surface area (Å²) in [5.74, 6) is 0. The molecule has 0 aliphatic rings. The van der Waals surface area contributed by atoms with Crippen molar-refractivity contribution in [3.8, 4) is 0 Å². The van der Waals surface area contributed by atoms with E-state index in [2.05, 4.69) is 20.8 Å².